The average Bonchev–Trinajstić information content (AvgIpc) is 2.56. The van der Waals surface area contributed by atoms with Crippen LogP contribution in [0.15, 0.2) is 59.3 Å². The van der Waals surface area contributed by atoms with Crippen LogP contribution in [-0.4, -0.2) is 25.5 Å². The molecule has 0 radical (unpaired) electrons. The van der Waals surface area contributed by atoms with Gasteiger partial charge in [-0.2, -0.15) is 0 Å². The molecular weight excluding hydrogens is 388 g/mol. The molecule has 0 aromatic carbocycles. The number of carboxylic acids is 1. The highest BCUT2D eigenvalue weighted by Gasteiger charge is 2.38. The summed E-state index contributed by atoms with van der Waals surface area (Å²) in [5.41, 5.74) is 3.24. The summed E-state index contributed by atoms with van der Waals surface area (Å²) in [6.45, 7) is 22.0. The van der Waals surface area contributed by atoms with Crippen LogP contribution in [0.2, 0.25) is 18.1 Å². The van der Waals surface area contributed by atoms with Crippen LogP contribution < -0.4 is 0 Å². The van der Waals surface area contributed by atoms with Crippen molar-refractivity contribution in [2.45, 2.75) is 92.5 Å². The van der Waals surface area contributed by atoms with Crippen molar-refractivity contribution < 1.29 is 14.3 Å². The van der Waals surface area contributed by atoms with Crippen molar-refractivity contribution in [2.24, 2.45) is 5.92 Å². The smallest absolute Gasteiger partial charge is 0.328 e. The lowest BCUT2D eigenvalue weighted by molar-refractivity contribution is -0.131. The molecule has 0 aliphatic heterocycles. The Bertz CT molecular complexity index is 700. The van der Waals surface area contributed by atoms with Crippen molar-refractivity contribution >= 4 is 14.3 Å². The summed E-state index contributed by atoms with van der Waals surface area (Å²) in [7, 11) is -1.70. The average molecular weight is 433 g/mol. The van der Waals surface area contributed by atoms with Gasteiger partial charge < -0.3 is 9.53 Å². The van der Waals surface area contributed by atoms with Gasteiger partial charge in [0.1, 0.15) is 0 Å². The molecule has 1 N–H and O–H groups in total. The largest absolute Gasteiger partial charge is 0.478 e. The van der Waals surface area contributed by atoms with Gasteiger partial charge in [-0.15, -0.1) is 0 Å². The summed E-state index contributed by atoms with van der Waals surface area (Å²) in [5.74, 6) is -0.350. The summed E-state index contributed by atoms with van der Waals surface area (Å²) in [5, 5.41) is 8.91. The Morgan fingerprint density at radius 1 is 1.00 bits per heavy atom. The second-order valence-electron chi connectivity index (χ2n) is 10.0. The number of allylic oxidation sites excluding steroid dienone is 9. The third kappa shape index (κ3) is 12.8. The van der Waals surface area contributed by atoms with Gasteiger partial charge in [-0.1, -0.05) is 80.9 Å². The fourth-order valence-corrected chi connectivity index (χ4v) is 4.31. The van der Waals surface area contributed by atoms with E-state index in [2.05, 4.69) is 66.8 Å². The predicted octanol–water partition coefficient (Wildman–Crippen LogP) is 7.85. The van der Waals surface area contributed by atoms with Crippen molar-refractivity contribution in [1.82, 2.24) is 0 Å². The molecule has 0 aromatic heterocycles. The first-order valence-electron chi connectivity index (χ1n) is 10.9. The molecule has 0 bridgehead atoms. The first-order chi connectivity index (χ1) is 13.6. The molecule has 0 aromatic rings. The number of hydrogen-bond acceptors (Lipinski definition) is 2. The lowest BCUT2D eigenvalue weighted by Gasteiger charge is -2.39. The first kappa shape index (κ1) is 28.3. The summed E-state index contributed by atoms with van der Waals surface area (Å²) in [4.78, 5) is 10.6. The Hall–Kier alpha value is -1.65. The molecule has 0 unspecified atom stereocenters. The van der Waals surface area contributed by atoms with Crippen molar-refractivity contribution in [2.75, 3.05) is 0 Å². The fourth-order valence-electron chi connectivity index (χ4n) is 2.86. The van der Waals surface area contributed by atoms with E-state index in [1.165, 1.54) is 5.57 Å². The van der Waals surface area contributed by atoms with Crippen LogP contribution in [0.5, 0.6) is 0 Å². The third-order valence-electron chi connectivity index (χ3n) is 5.54. The van der Waals surface area contributed by atoms with Gasteiger partial charge in [0.25, 0.3) is 0 Å². The molecule has 4 heteroatoms. The van der Waals surface area contributed by atoms with Crippen LogP contribution in [0, 0.1) is 5.92 Å². The van der Waals surface area contributed by atoms with Crippen molar-refractivity contribution in [3.63, 3.8) is 0 Å². The zero-order chi connectivity index (χ0) is 23.5. The standard InChI is InChI=1S/C26H44O3Si/c1-20(12-11-13-21(2)18-22(3)16-17-25(27)28)14-15-23(4)19-24(5)29-30(9,10)26(6,7)8/h11-14,16-18,23-24H,15,19H2,1-10H3,(H,27,28)/b12-11+,17-16+,20-14+,21-13+,22-18+/t23-,24+/m1/s1. The maximum atomic E-state index is 10.6. The molecule has 0 aliphatic carbocycles. The maximum Gasteiger partial charge on any atom is 0.328 e. The summed E-state index contributed by atoms with van der Waals surface area (Å²) < 4.78 is 6.49. The lowest BCUT2D eigenvalue weighted by Crippen LogP contribution is -2.43. The van der Waals surface area contributed by atoms with Gasteiger partial charge in [0.15, 0.2) is 8.32 Å². The van der Waals surface area contributed by atoms with E-state index in [0.29, 0.717) is 12.0 Å². The SMILES string of the molecule is CC(=C\C=C\C(C)=C\C[C@@H](C)C[C@H](C)O[Si](C)(C)C(C)(C)C)/C=C(C)/C=C/C(=O)O. The Morgan fingerprint density at radius 3 is 2.13 bits per heavy atom. The minimum Gasteiger partial charge on any atom is -0.478 e. The lowest BCUT2D eigenvalue weighted by atomic mass is 9.99. The van der Waals surface area contributed by atoms with Crippen LogP contribution in [0.3, 0.4) is 0 Å². The van der Waals surface area contributed by atoms with E-state index >= 15 is 0 Å². The van der Waals surface area contributed by atoms with E-state index in [4.69, 9.17) is 9.53 Å². The second-order valence-corrected chi connectivity index (χ2v) is 14.8. The Kier molecular flexibility index (Phi) is 12.2. The van der Waals surface area contributed by atoms with Crippen molar-refractivity contribution in [3.8, 4) is 0 Å². The molecule has 0 spiro atoms. The Morgan fingerprint density at radius 2 is 1.60 bits per heavy atom. The van der Waals surface area contributed by atoms with Crippen molar-refractivity contribution in [3.05, 3.63) is 59.3 Å². The number of carbonyl (C=O) groups is 1. The monoisotopic (exact) mass is 432 g/mol. The quantitative estimate of drug-likeness (QED) is 0.205. The van der Waals surface area contributed by atoms with Crippen LogP contribution in [0.1, 0.15) is 68.2 Å². The molecule has 0 saturated carbocycles. The number of carboxylic acid groups (broad SMARTS) is 1. The van der Waals surface area contributed by atoms with Gasteiger partial charge in [0.2, 0.25) is 0 Å². The first-order valence-corrected chi connectivity index (χ1v) is 13.8. The maximum absolute atomic E-state index is 10.6. The summed E-state index contributed by atoms with van der Waals surface area (Å²) >= 11 is 0. The van der Waals surface area contributed by atoms with Crippen LogP contribution in [0.4, 0.5) is 0 Å². The number of rotatable bonds is 11. The van der Waals surface area contributed by atoms with Gasteiger partial charge in [0.05, 0.1) is 0 Å². The van der Waals surface area contributed by atoms with Gasteiger partial charge in [-0.05, 0) is 64.6 Å². The molecule has 0 heterocycles. The zero-order valence-corrected chi connectivity index (χ0v) is 21.9. The summed E-state index contributed by atoms with van der Waals surface area (Å²) in [6.07, 6.45) is 15.6. The predicted molar refractivity (Wildman–Crippen MR) is 133 cm³/mol. The van der Waals surface area contributed by atoms with Crippen LogP contribution in [0.25, 0.3) is 0 Å². The Labute approximate surface area is 186 Å². The second kappa shape index (κ2) is 12.9. The van der Waals surface area contributed by atoms with Gasteiger partial charge in [0, 0.05) is 12.2 Å². The van der Waals surface area contributed by atoms with E-state index in [9.17, 15) is 4.79 Å². The van der Waals surface area contributed by atoms with E-state index in [1.54, 1.807) is 6.08 Å². The highest BCUT2D eigenvalue weighted by atomic mass is 28.4. The van der Waals surface area contributed by atoms with E-state index < -0.39 is 14.3 Å². The Balaban J connectivity index is 4.67. The van der Waals surface area contributed by atoms with Gasteiger partial charge in [-0.25, -0.2) is 4.79 Å². The van der Waals surface area contributed by atoms with E-state index in [1.807, 2.05) is 32.1 Å². The molecule has 0 saturated heterocycles. The zero-order valence-electron chi connectivity index (χ0n) is 20.9. The third-order valence-corrected chi connectivity index (χ3v) is 10.1. The molecule has 170 valence electrons. The van der Waals surface area contributed by atoms with Crippen LogP contribution in [-0.2, 0) is 9.22 Å². The topological polar surface area (TPSA) is 46.5 Å². The van der Waals surface area contributed by atoms with E-state index in [-0.39, 0.29) is 5.04 Å². The van der Waals surface area contributed by atoms with Gasteiger partial charge >= 0.3 is 5.97 Å². The van der Waals surface area contributed by atoms with Crippen LogP contribution >= 0.6 is 0 Å². The molecule has 2 atom stereocenters. The van der Waals surface area contributed by atoms with Crippen molar-refractivity contribution in [1.29, 1.82) is 0 Å². The molecule has 0 amide bonds. The summed E-state index contributed by atoms with van der Waals surface area (Å²) in [6, 6.07) is 0. The molecule has 0 fully saturated rings. The highest BCUT2D eigenvalue weighted by Crippen LogP contribution is 2.37. The molecule has 30 heavy (non-hydrogen) atoms. The molecule has 3 nitrogen and oxygen atoms in total. The molecule has 0 rings (SSSR count). The fraction of sp³-hybridized carbons (Fsp3) is 0.577. The minimum absolute atomic E-state index is 0.248. The molecular formula is C26H44O3Si. The number of hydrogen-bond donors (Lipinski definition) is 1. The number of aliphatic carboxylic acids is 1. The van der Waals surface area contributed by atoms with Gasteiger partial charge in [-0.3, -0.25) is 0 Å². The van der Waals surface area contributed by atoms with E-state index in [0.717, 1.165) is 30.1 Å². The normalized spacial score (nSPS) is 17.1. The minimum atomic E-state index is -1.70. The highest BCUT2D eigenvalue weighted by molar-refractivity contribution is 6.74. The molecule has 0 aliphatic rings.